The largest absolute Gasteiger partial charge is 0.326 e. The van der Waals surface area contributed by atoms with Crippen LogP contribution >= 0.6 is 0 Å². The number of benzene rings is 1. The molecule has 1 aromatic rings. The highest BCUT2D eigenvalue weighted by Gasteiger charge is 1.99. The van der Waals surface area contributed by atoms with Crippen molar-refractivity contribution in [2.45, 2.75) is 19.6 Å². The summed E-state index contributed by atoms with van der Waals surface area (Å²) in [5.41, 5.74) is 6.77. The van der Waals surface area contributed by atoms with E-state index in [1.807, 2.05) is 0 Å². The molecule has 0 unspecified atom stereocenters. The lowest BCUT2D eigenvalue weighted by atomic mass is 10.2. The average Bonchev–Trinajstić information content (AvgIpc) is 2.05. The minimum Gasteiger partial charge on any atom is -0.326 e. The zero-order chi connectivity index (χ0) is 8.27. The van der Waals surface area contributed by atoms with Crippen molar-refractivity contribution in [1.82, 2.24) is 0 Å². The van der Waals surface area contributed by atoms with Crippen LogP contribution in [0.15, 0.2) is 24.3 Å². The Kier molecular flexibility index (Phi) is 2.85. The average molecular weight is 164 g/mol. The van der Waals surface area contributed by atoms with Crippen LogP contribution < -0.4 is 10.9 Å². The maximum Gasteiger partial charge on any atom is 0.0791 e. The van der Waals surface area contributed by atoms with Crippen molar-refractivity contribution in [1.29, 1.82) is 0 Å². The van der Waals surface area contributed by atoms with E-state index in [0.29, 0.717) is 6.54 Å². The topological polar surface area (TPSA) is 26.0 Å². The molecular weight excluding hydrogens is 150 g/mol. The molecule has 1 rings (SSSR count). The zero-order valence-corrected chi connectivity index (χ0v) is 8.09. The summed E-state index contributed by atoms with van der Waals surface area (Å²) in [5, 5.41) is 1.47. The monoisotopic (exact) mass is 164 g/mol. The van der Waals surface area contributed by atoms with Gasteiger partial charge in [-0.3, -0.25) is 0 Å². The minimum absolute atomic E-state index is 0.300. The number of hydrogen-bond donors (Lipinski definition) is 1. The van der Waals surface area contributed by atoms with E-state index >= 15 is 0 Å². The highest BCUT2D eigenvalue weighted by atomic mass is 28.3. The molecule has 0 saturated heterocycles. The molecule has 59 valence electrons. The molecule has 0 aliphatic carbocycles. The highest BCUT2D eigenvalue weighted by molar-refractivity contribution is 6.70. The Bertz CT molecular complexity index is 233. The first kappa shape index (κ1) is 8.49. The molecule has 0 saturated carbocycles. The molecule has 0 spiro atoms. The van der Waals surface area contributed by atoms with Crippen molar-refractivity contribution < 1.29 is 0 Å². The van der Waals surface area contributed by atoms with Crippen LogP contribution in [0.25, 0.3) is 0 Å². The molecule has 0 fully saturated rings. The maximum absolute atomic E-state index is 5.53. The van der Waals surface area contributed by atoms with Crippen LogP contribution in [0.3, 0.4) is 0 Å². The molecule has 2 heteroatoms. The summed E-state index contributed by atoms with van der Waals surface area (Å²) in [6.45, 7) is 5.24. The van der Waals surface area contributed by atoms with Gasteiger partial charge in [0.05, 0.1) is 8.80 Å². The Hall–Kier alpha value is -0.603. The van der Waals surface area contributed by atoms with Gasteiger partial charge in [0.1, 0.15) is 0 Å². The maximum atomic E-state index is 5.53. The second-order valence-electron chi connectivity index (χ2n) is 2.90. The SMILES string of the molecule is C[Si](C)c1cccc(CN)c1. The summed E-state index contributed by atoms with van der Waals surface area (Å²) in [6.07, 6.45) is 0. The van der Waals surface area contributed by atoms with E-state index in [1.54, 1.807) is 0 Å². The second kappa shape index (κ2) is 3.69. The molecule has 0 aliphatic heterocycles. The molecule has 0 bridgehead atoms. The Morgan fingerprint density at radius 1 is 1.36 bits per heavy atom. The minimum atomic E-state index is -0.300. The van der Waals surface area contributed by atoms with Gasteiger partial charge in [-0.05, 0) is 5.56 Å². The fourth-order valence-corrected chi connectivity index (χ4v) is 1.91. The standard InChI is InChI=1S/C9H14NSi/c1-11(2)9-5-3-4-8(6-9)7-10/h3-6H,7,10H2,1-2H3. The second-order valence-corrected chi connectivity index (χ2v) is 5.48. The number of rotatable bonds is 2. The third-order valence-electron chi connectivity index (χ3n) is 1.74. The summed E-state index contributed by atoms with van der Waals surface area (Å²) in [7, 11) is -0.300. The van der Waals surface area contributed by atoms with Crippen LogP contribution in [0.1, 0.15) is 5.56 Å². The summed E-state index contributed by atoms with van der Waals surface area (Å²) >= 11 is 0. The van der Waals surface area contributed by atoms with Gasteiger partial charge in [-0.1, -0.05) is 42.5 Å². The van der Waals surface area contributed by atoms with Gasteiger partial charge in [-0.2, -0.15) is 0 Å². The molecule has 0 heterocycles. The van der Waals surface area contributed by atoms with Gasteiger partial charge in [0.15, 0.2) is 0 Å². The van der Waals surface area contributed by atoms with Crippen molar-refractivity contribution in [3.05, 3.63) is 29.8 Å². The van der Waals surface area contributed by atoms with Crippen LogP contribution in [-0.2, 0) is 6.54 Å². The first-order valence-corrected chi connectivity index (χ1v) is 6.33. The van der Waals surface area contributed by atoms with E-state index in [-0.39, 0.29) is 8.80 Å². The normalized spacial score (nSPS) is 10.5. The van der Waals surface area contributed by atoms with Crippen molar-refractivity contribution in [2.24, 2.45) is 5.73 Å². The molecule has 0 amide bonds. The Balaban J connectivity index is 2.91. The van der Waals surface area contributed by atoms with Crippen molar-refractivity contribution in [3.8, 4) is 0 Å². The summed E-state index contributed by atoms with van der Waals surface area (Å²) in [4.78, 5) is 0. The van der Waals surface area contributed by atoms with Crippen LogP contribution in [0.5, 0.6) is 0 Å². The summed E-state index contributed by atoms with van der Waals surface area (Å²) < 4.78 is 0. The molecule has 1 nitrogen and oxygen atoms in total. The van der Waals surface area contributed by atoms with Gasteiger partial charge >= 0.3 is 0 Å². The first-order chi connectivity index (χ1) is 5.24. The molecule has 2 N–H and O–H groups in total. The van der Waals surface area contributed by atoms with Gasteiger partial charge in [-0.15, -0.1) is 0 Å². The zero-order valence-electron chi connectivity index (χ0n) is 7.09. The highest BCUT2D eigenvalue weighted by Crippen LogP contribution is 1.95. The molecule has 0 aliphatic rings. The van der Waals surface area contributed by atoms with E-state index in [0.717, 1.165) is 0 Å². The fourth-order valence-electron chi connectivity index (χ4n) is 1.01. The van der Waals surface area contributed by atoms with Crippen molar-refractivity contribution in [2.75, 3.05) is 0 Å². The Morgan fingerprint density at radius 2 is 2.09 bits per heavy atom. The molecule has 1 aromatic carbocycles. The smallest absolute Gasteiger partial charge is 0.0791 e. The predicted octanol–water partition coefficient (Wildman–Crippen LogP) is 1.11. The quantitative estimate of drug-likeness (QED) is 0.651. The molecular formula is C9H14NSi. The Morgan fingerprint density at radius 3 is 2.64 bits per heavy atom. The fraction of sp³-hybridized carbons (Fsp3) is 0.333. The van der Waals surface area contributed by atoms with Gasteiger partial charge in [0.2, 0.25) is 0 Å². The predicted molar refractivity (Wildman–Crippen MR) is 51.4 cm³/mol. The van der Waals surface area contributed by atoms with Crippen LogP contribution in [0, 0.1) is 0 Å². The van der Waals surface area contributed by atoms with E-state index in [2.05, 4.69) is 37.4 Å². The van der Waals surface area contributed by atoms with Crippen molar-refractivity contribution in [3.63, 3.8) is 0 Å². The van der Waals surface area contributed by atoms with Crippen molar-refractivity contribution >= 4 is 14.0 Å². The van der Waals surface area contributed by atoms with E-state index in [9.17, 15) is 0 Å². The third kappa shape index (κ3) is 2.17. The van der Waals surface area contributed by atoms with E-state index in [1.165, 1.54) is 10.8 Å². The number of nitrogens with two attached hydrogens (primary N) is 1. The lowest BCUT2D eigenvalue weighted by Crippen LogP contribution is -2.22. The van der Waals surface area contributed by atoms with Gasteiger partial charge in [0, 0.05) is 6.54 Å². The number of hydrogen-bond acceptors (Lipinski definition) is 1. The molecule has 11 heavy (non-hydrogen) atoms. The van der Waals surface area contributed by atoms with E-state index in [4.69, 9.17) is 5.73 Å². The summed E-state index contributed by atoms with van der Waals surface area (Å²) in [6, 6.07) is 8.57. The third-order valence-corrected chi connectivity index (χ3v) is 3.21. The van der Waals surface area contributed by atoms with Gasteiger partial charge in [0.25, 0.3) is 0 Å². The molecule has 0 atom stereocenters. The van der Waals surface area contributed by atoms with Gasteiger partial charge in [-0.25, -0.2) is 0 Å². The van der Waals surface area contributed by atoms with Crippen LogP contribution in [0.2, 0.25) is 13.1 Å². The lowest BCUT2D eigenvalue weighted by molar-refractivity contribution is 1.07. The van der Waals surface area contributed by atoms with E-state index < -0.39 is 0 Å². The summed E-state index contributed by atoms with van der Waals surface area (Å²) in [5.74, 6) is 0. The first-order valence-electron chi connectivity index (χ1n) is 3.83. The van der Waals surface area contributed by atoms with Gasteiger partial charge < -0.3 is 5.73 Å². The Labute approximate surface area is 69.8 Å². The molecule has 1 radical (unpaired) electrons. The van der Waals surface area contributed by atoms with Crippen LogP contribution in [0.4, 0.5) is 0 Å². The van der Waals surface area contributed by atoms with Crippen LogP contribution in [-0.4, -0.2) is 8.80 Å². The lowest BCUT2D eigenvalue weighted by Gasteiger charge is -2.04. The molecule has 0 aromatic heterocycles.